The topological polar surface area (TPSA) is 119 Å². The van der Waals surface area contributed by atoms with Crippen LogP contribution in [0.3, 0.4) is 0 Å². The lowest BCUT2D eigenvalue weighted by atomic mass is 10.3. The molecule has 2 heterocycles. The second kappa shape index (κ2) is 12.8. The predicted octanol–water partition coefficient (Wildman–Crippen LogP) is 3.65. The van der Waals surface area contributed by atoms with Crippen LogP contribution in [0.15, 0.2) is 30.3 Å². The molecule has 0 saturated carbocycles. The normalized spacial score (nSPS) is 13.2. The Hall–Kier alpha value is -2.91. The number of rotatable bonds is 8. The average molecular weight is 464 g/mol. The number of aryl methyl sites for hydroxylation is 1. The highest BCUT2D eigenvalue weighted by molar-refractivity contribution is 6.30. The van der Waals surface area contributed by atoms with Gasteiger partial charge in [0.05, 0.1) is 0 Å². The molecule has 2 aromatic rings. The van der Waals surface area contributed by atoms with Crippen molar-refractivity contribution in [3.63, 3.8) is 0 Å². The number of likely N-dealkylation sites (tertiary alicyclic amines) is 1. The molecule has 3 N–H and O–H groups in total. The summed E-state index contributed by atoms with van der Waals surface area (Å²) >= 11 is 5.95. The Labute approximate surface area is 193 Å². The van der Waals surface area contributed by atoms with Crippen LogP contribution in [0.5, 0.6) is 0 Å². The number of halogens is 1. The molecule has 0 aliphatic carbocycles. The van der Waals surface area contributed by atoms with Crippen molar-refractivity contribution in [1.82, 2.24) is 14.9 Å². The minimum Gasteiger partial charge on any atom is -0.473 e. The van der Waals surface area contributed by atoms with Gasteiger partial charge >= 0.3 is 11.9 Å². The molecule has 1 saturated heterocycles. The minimum atomic E-state index is -1.82. The molecule has 0 spiro atoms. The second-order valence-corrected chi connectivity index (χ2v) is 7.85. The molecular weight excluding hydrogens is 434 g/mol. The molecule has 0 atom stereocenters. The van der Waals surface area contributed by atoms with E-state index in [4.69, 9.17) is 36.4 Å². The Kier molecular flexibility index (Phi) is 10.2. The first-order chi connectivity index (χ1) is 15.3. The molecule has 0 unspecified atom stereocenters. The highest BCUT2D eigenvalue weighted by Gasteiger charge is 2.13. The monoisotopic (exact) mass is 463 g/mol. The van der Waals surface area contributed by atoms with Crippen LogP contribution in [0.2, 0.25) is 5.02 Å². The number of nitrogens with one attached hydrogen (secondary N) is 1. The molecule has 0 radical (unpaired) electrons. The van der Waals surface area contributed by atoms with E-state index in [1.54, 1.807) is 0 Å². The van der Waals surface area contributed by atoms with Crippen LogP contribution >= 0.6 is 11.6 Å². The summed E-state index contributed by atoms with van der Waals surface area (Å²) in [5, 5.41) is 18.8. The number of aliphatic carboxylic acids is 2. The predicted molar refractivity (Wildman–Crippen MR) is 125 cm³/mol. The Morgan fingerprint density at radius 3 is 2.31 bits per heavy atom. The van der Waals surface area contributed by atoms with E-state index in [0.717, 1.165) is 41.7 Å². The number of aromatic nitrogens is 2. The molecule has 3 rings (SSSR count). The number of anilines is 3. The van der Waals surface area contributed by atoms with Gasteiger partial charge in [0.25, 0.3) is 0 Å². The maximum atomic E-state index is 9.10. The lowest BCUT2D eigenvalue weighted by Gasteiger charge is -2.24. The van der Waals surface area contributed by atoms with Crippen molar-refractivity contribution in [1.29, 1.82) is 0 Å². The molecule has 174 valence electrons. The first-order valence-corrected chi connectivity index (χ1v) is 11.0. The van der Waals surface area contributed by atoms with Crippen molar-refractivity contribution >= 4 is 41.0 Å². The highest BCUT2D eigenvalue weighted by Crippen LogP contribution is 2.20. The number of nitrogens with zero attached hydrogens (tertiary/aromatic N) is 4. The standard InChI is InChI=1S/C20H28ClN5.C2H2O4/c1-3-26(14-6-13-25-11-4-5-12-25)19-15-16(2)22-20(24-19)23-18-9-7-17(21)8-10-18;3-1(4)2(5)6/h7-10,15H,3-6,11-14H2,1-2H3,(H,22,23,24);(H,3,4)(H,5,6). The number of carboxylic acid groups (broad SMARTS) is 2. The van der Waals surface area contributed by atoms with Crippen LogP contribution in [0.25, 0.3) is 0 Å². The first-order valence-electron chi connectivity index (χ1n) is 10.6. The number of hydrogen-bond acceptors (Lipinski definition) is 7. The average Bonchev–Trinajstić information content (AvgIpc) is 3.26. The smallest absolute Gasteiger partial charge is 0.414 e. The maximum Gasteiger partial charge on any atom is 0.414 e. The fourth-order valence-corrected chi connectivity index (χ4v) is 3.48. The summed E-state index contributed by atoms with van der Waals surface area (Å²) < 4.78 is 0. The van der Waals surface area contributed by atoms with E-state index in [2.05, 4.69) is 33.1 Å². The van der Waals surface area contributed by atoms with E-state index in [-0.39, 0.29) is 0 Å². The van der Waals surface area contributed by atoms with Gasteiger partial charge in [-0.1, -0.05) is 11.6 Å². The number of carbonyl (C=O) groups is 2. The minimum absolute atomic E-state index is 0.625. The third kappa shape index (κ3) is 8.68. The van der Waals surface area contributed by atoms with E-state index >= 15 is 0 Å². The maximum absolute atomic E-state index is 9.10. The zero-order chi connectivity index (χ0) is 23.5. The number of benzene rings is 1. The van der Waals surface area contributed by atoms with E-state index < -0.39 is 11.9 Å². The Bertz CT molecular complexity index is 876. The van der Waals surface area contributed by atoms with Crippen molar-refractivity contribution in [2.45, 2.75) is 33.1 Å². The van der Waals surface area contributed by atoms with Gasteiger partial charge in [-0.25, -0.2) is 14.6 Å². The van der Waals surface area contributed by atoms with Crippen LogP contribution in [0, 0.1) is 6.92 Å². The molecular formula is C22H30ClN5O4. The summed E-state index contributed by atoms with van der Waals surface area (Å²) in [6.07, 6.45) is 3.86. The van der Waals surface area contributed by atoms with Crippen LogP contribution in [-0.2, 0) is 9.59 Å². The Morgan fingerprint density at radius 1 is 1.12 bits per heavy atom. The zero-order valence-corrected chi connectivity index (χ0v) is 19.2. The molecule has 9 nitrogen and oxygen atoms in total. The fraction of sp³-hybridized carbons (Fsp3) is 0.455. The van der Waals surface area contributed by atoms with Gasteiger partial charge in [-0.15, -0.1) is 0 Å². The van der Waals surface area contributed by atoms with E-state index in [0.29, 0.717) is 5.95 Å². The van der Waals surface area contributed by atoms with Gasteiger partial charge in [0.15, 0.2) is 0 Å². The van der Waals surface area contributed by atoms with Gasteiger partial charge < -0.3 is 25.3 Å². The molecule has 1 aromatic carbocycles. The van der Waals surface area contributed by atoms with Crippen LogP contribution < -0.4 is 10.2 Å². The lowest BCUT2D eigenvalue weighted by Crippen LogP contribution is -2.29. The van der Waals surface area contributed by atoms with Crippen LogP contribution in [0.1, 0.15) is 31.9 Å². The molecule has 1 aliphatic rings. The zero-order valence-electron chi connectivity index (χ0n) is 18.4. The molecule has 1 fully saturated rings. The quantitative estimate of drug-likeness (QED) is 0.504. The first kappa shape index (κ1) is 25.4. The molecule has 1 aliphatic heterocycles. The molecule has 10 heteroatoms. The third-order valence-corrected chi connectivity index (χ3v) is 5.18. The SMILES string of the molecule is CCN(CCCN1CCCC1)c1cc(C)nc(Nc2ccc(Cl)cc2)n1.O=C(O)C(=O)O. The van der Waals surface area contributed by atoms with Gasteiger partial charge in [0, 0.05) is 35.6 Å². The van der Waals surface area contributed by atoms with Crippen LogP contribution in [-0.4, -0.2) is 69.7 Å². The summed E-state index contributed by atoms with van der Waals surface area (Å²) in [7, 11) is 0. The molecule has 0 bridgehead atoms. The third-order valence-electron chi connectivity index (χ3n) is 4.93. The second-order valence-electron chi connectivity index (χ2n) is 7.42. The van der Waals surface area contributed by atoms with Crippen molar-refractivity contribution in [2.75, 3.05) is 42.9 Å². The van der Waals surface area contributed by atoms with Crippen molar-refractivity contribution in [3.8, 4) is 0 Å². The van der Waals surface area contributed by atoms with Crippen molar-refractivity contribution in [2.24, 2.45) is 0 Å². The molecule has 1 aromatic heterocycles. The summed E-state index contributed by atoms with van der Waals surface area (Å²) in [6, 6.07) is 9.64. The van der Waals surface area contributed by atoms with E-state index in [1.165, 1.54) is 32.5 Å². The van der Waals surface area contributed by atoms with Gasteiger partial charge in [-0.05, 0) is 77.0 Å². The van der Waals surface area contributed by atoms with E-state index in [1.807, 2.05) is 31.2 Å². The van der Waals surface area contributed by atoms with Gasteiger partial charge in [0.1, 0.15) is 5.82 Å². The lowest BCUT2D eigenvalue weighted by molar-refractivity contribution is -0.159. The van der Waals surface area contributed by atoms with Gasteiger partial charge in [-0.3, -0.25) is 0 Å². The Morgan fingerprint density at radius 2 is 1.75 bits per heavy atom. The highest BCUT2D eigenvalue weighted by atomic mass is 35.5. The molecule has 0 amide bonds. The number of carboxylic acids is 2. The summed E-state index contributed by atoms with van der Waals surface area (Å²) in [4.78, 5) is 32.3. The summed E-state index contributed by atoms with van der Waals surface area (Å²) in [5.41, 5.74) is 1.90. The van der Waals surface area contributed by atoms with Gasteiger partial charge in [-0.2, -0.15) is 4.98 Å². The van der Waals surface area contributed by atoms with Gasteiger partial charge in [0.2, 0.25) is 5.95 Å². The van der Waals surface area contributed by atoms with Crippen LogP contribution in [0.4, 0.5) is 17.5 Å². The largest absolute Gasteiger partial charge is 0.473 e. The van der Waals surface area contributed by atoms with Crippen molar-refractivity contribution in [3.05, 3.63) is 41.0 Å². The number of hydrogen-bond donors (Lipinski definition) is 3. The summed E-state index contributed by atoms with van der Waals surface area (Å²) in [6.45, 7) is 9.84. The summed E-state index contributed by atoms with van der Waals surface area (Å²) in [5.74, 6) is -2.04. The molecule has 32 heavy (non-hydrogen) atoms. The van der Waals surface area contributed by atoms with Crippen molar-refractivity contribution < 1.29 is 19.8 Å². The van der Waals surface area contributed by atoms with E-state index in [9.17, 15) is 0 Å². The fourth-order valence-electron chi connectivity index (χ4n) is 3.36. The Balaban J connectivity index is 0.000000534.